The summed E-state index contributed by atoms with van der Waals surface area (Å²) in [6, 6.07) is 0. The van der Waals surface area contributed by atoms with E-state index in [-0.39, 0.29) is 11.3 Å². The lowest BCUT2D eigenvalue weighted by atomic mass is 9.81. The summed E-state index contributed by atoms with van der Waals surface area (Å²) in [6.45, 7) is 6.33. The normalized spacial score (nSPS) is 34.1. The first kappa shape index (κ1) is 10.4. The first-order chi connectivity index (χ1) is 6.61. The maximum absolute atomic E-state index is 5.74. The largest absolute Gasteiger partial charge is 0.347 e. The third-order valence-electron chi connectivity index (χ3n) is 3.63. The van der Waals surface area contributed by atoms with Gasteiger partial charge in [-0.15, -0.1) is 0 Å². The first-order valence-electron chi connectivity index (χ1n) is 5.20. The zero-order chi connectivity index (χ0) is 10.2. The van der Waals surface area contributed by atoms with Gasteiger partial charge in [0.15, 0.2) is 5.79 Å². The van der Waals surface area contributed by atoms with Gasteiger partial charge in [-0.3, -0.25) is 0 Å². The fraction of sp³-hybridized carbons (Fsp3) is 1.00. The Labute approximate surface area is 84.6 Å². The second kappa shape index (κ2) is 3.45. The Morgan fingerprint density at radius 1 is 1.29 bits per heavy atom. The molecular weight excluding hydrogens is 182 g/mol. The monoisotopic (exact) mass is 201 g/mol. The van der Waals surface area contributed by atoms with Crippen LogP contribution in [-0.4, -0.2) is 25.6 Å². The van der Waals surface area contributed by atoms with Gasteiger partial charge in [0, 0.05) is 12.3 Å². The Bertz CT molecular complexity index is 211. The van der Waals surface area contributed by atoms with E-state index in [1.54, 1.807) is 0 Å². The molecule has 0 amide bonds. The molecule has 14 heavy (non-hydrogen) atoms. The molecule has 1 heterocycles. The second-order valence-corrected chi connectivity index (χ2v) is 4.88. The van der Waals surface area contributed by atoms with Crippen LogP contribution in [0.1, 0.15) is 26.7 Å². The van der Waals surface area contributed by atoms with Crippen molar-refractivity contribution in [3.8, 4) is 0 Å². The topological polar surface area (TPSA) is 53.7 Å². The standard InChI is InChI=1S/C10H19NO3/c1-9(2)3-4-10(8(9)7-14-11)12-5-6-13-10/h8H,3-7,11H2,1-2H3. The summed E-state index contributed by atoms with van der Waals surface area (Å²) < 4.78 is 11.5. The van der Waals surface area contributed by atoms with Crippen molar-refractivity contribution in [2.24, 2.45) is 17.2 Å². The average molecular weight is 201 g/mol. The van der Waals surface area contributed by atoms with Crippen LogP contribution in [0.25, 0.3) is 0 Å². The summed E-state index contributed by atoms with van der Waals surface area (Å²) in [5, 5.41) is 0. The number of ether oxygens (including phenoxy) is 2. The molecule has 82 valence electrons. The van der Waals surface area contributed by atoms with E-state index in [9.17, 15) is 0 Å². The molecule has 2 aliphatic rings. The zero-order valence-corrected chi connectivity index (χ0v) is 8.91. The molecule has 1 spiro atoms. The lowest BCUT2D eigenvalue weighted by Crippen LogP contribution is -2.42. The Kier molecular flexibility index (Phi) is 2.55. The Morgan fingerprint density at radius 2 is 1.93 bits per heavy atom. The fourth-order valence-corrected chi connectivity index (χ4v) is 2.71. The number of hydrogen-bond acceptors (Lipinski definition) is 4. The number of nitrogens with two attached hydrogens (primary N) is 1. The van der Waals surface area contributed by atoms with Crippen LogP contribution in [0.2, 0.25) is 0 Å². The number of rotatable bonds is 2. The zero-order valence-electron chi connectivity index (χ0n) is 8.91. The molecular formula is C10H19NO3. The molecule has 4 nitrogen and oxygen atoms in total. The van der Waals surface area contributed by atoms with E-state index >= 15 is 0 Å². The highest BCUT2D eigenvalue weighted by atomic mass is 16.7. The molecule has 0 radical (unpaired) electrons. The minimum Gasteiger partial charge on any atom is -0.347 e. The van der Waals surface area contributed by atoms with E-state index in [2.05, 4.69) is 13.8 Å². The molecule has 1 aliphatic carbocycles. The third kappa shape index (κ3) is 1.46. The highest BCUT2D eigenvalue weighted by Crippen LogP contribution is 2.52. The maximum Gasteiger partial charge on any atom is 0.174 e. The summed E-state index contributed by atoms with van der Waals surface area (Å²) in [7, 11) is 0. The predicted octanol–water partition coefficient (Wildman–Crippen LogP) is 1.06. The van der Waals surface area contributed by atoms with Gasteiger partial charge in [0.05, 0.1) is 19.8 Å². The average Bonchev–Trinajstić information content (AvgIpc) is 2.68. The SMILES string of the molecule is CC1(C)CCC2(OCCO2)C1CON. The van der Waals surface area contributed by atoms with Gasteiger partial charge in [-0.05, 0) is 11.8 Å². The van der Waals surface area contributed by atoms with Crippen molar-refractivity contribution in [1.82, 2.24) is 0 Å². The van der Waals surface area contributed by atoms with Crippen molar-refractivity contribution in [2.45, 2.75) is 32.5 Å². The minimum atomic E-state index is -0.414. The molecule has 1 saturated heterocycles. The van der Waals surface area contributed by atoms with E-state index in [4.69, 9.17) is 20.2 Å². The molecule has 0 aromatic carbocycles. The summed E-state index contributed by atoms with van der Waals surface area (Å²) in [5.41, 5.74) is 0.184. The van der Waals surface area contributed by atoms with Gasteiger partial charge in [-0.1, -0.05) is 13.8 Å². The van der Waals surface area contributed by atoms with E-state index in [0.29, 0.717) is 19.8 Å². The van der Waals surface area contributed by atoms with Gasteiger partial charge >= 0.3 is 0 Å². The van der Waals surface area contributed by atoms with Crippen molar-refractivity contribution in [2.75, 3.05) is 19.8 Å². The molecule has 2 fully saturated rings. The molecule has 2 rings (SSSR count). The molecule has 0 aromatic rings. The first-order valence-corrected chi connectivity index (χ1v) is 5.20. The summed E-state index contributed by atoms with van der Waals surface area (Å²) >= 11 is 0. The highest BCUT2D eigenvalue weighted by molar-refractivity contribution is 4.98. The van der Waals surface area contributed by atoms with Crippen LogP contribution in [0, 0.1) is 11.3 Å². The molecule has 1 saturated carbocycles. The fourth-order valence-electron chi connectivity index (χ4n) is 2.71. The van der Waals surface area contributed by atoms with Crippen LogP contribution in [0.15, 0.2) is 0 Å². The minimum absolute atomic E-state index is 0.184. The van der Waals surface area contributed by atoms with E-state index in [1.165, 1.54) is 0 Å². The molecule has 2 N–H and O–H groups in total. The van der Waals surface area contributed by atoms with Crippen LogP contribution in [0.5, 0.6) is 0 Å². The third-order valence-corrected chi connectivity index (χ3v) is 3.63. The van der Waals surface area contributed by atoms with Crippen molar-refractivity contribution in [3.05, 3.63) is 0 Å². The summed E-state index contributed by atoms with van der Waals surface area (Å²) in [6.07, 6.45) is 2.05. The molecule has 0 aromatic heterocycles. The van der Waals surface area contributed by atoms with Gasteiger partial charge in [-0.2, -0.15) is 0 Å². The van der Waals surface area contributed by atoms with Gasteiger partial charge in [-0.25, -0.2) is 5.90 Å². The predicted molar refractivity (Wildman–Crippen MR) is 51.3 cm³/mol. The van der Waals surface area contributed by atoms with E-state index in [0.717, 1.165) is 12.8 Å². The molecule has 1 aliphatic heterocycles. The number of hydrogen-bond donors (Lipinski definition) is 1. The smallest absolute Gasteiger partial charge is 0.174 e. The van der Waals surface area contributed by atoms with Crippen molar-refractivity contribution in [1.29, 1.82) is 0 Å². The lowest BCUT2D eigenvalue weighted by Gasteiger charge is -2.34. The van der Waals surface area contributed by atoms with E-state index in [1.807, 2.05) is 0 Å². The second-order valence-electron chi connectivity index (χ2n) is 4.88. The van der Waals surface area contributed by atoms with Crippen LogP contribution < -0.4 is 5.90 Å². The molecule has 4 heteroatoms. The summed E-state index contributed by atoms with van der Waals surface area (Å²) in [4.78, 5) is 4.79. The van der Waals surface area contributed by atoms with Gasteiger partial charge < -0.3 is 14.3 Å². The van der Waals surface area contributed by atoms with Crippen molar-refractivity contribution < 1.29 is 14.3 Å². The van der Waals surface area contributed by atoms with Crippen LogP contribution in [-0.2, 0) is 14.3 Å². The molecule has 1 atom stereocenters. The van der Waals surface area contributed by atoms with Crippen molar-refractivity contribution >= 4 is 0 Å². The quantitative estimate of drug-likeness (QED) is 0.679. The van der Waals surface area contributed by atoms with Gasteiger partial charge in [0.2, 0.25) is 0 Å². The molecule has 1 unspecified atom stereocenters. The van der Waals surface area contributed by atoms with Crippen LogP contribution in [0.3, 0.4) is 0 Å². The molecule has 0 bridgehead atoms. The lowest BCUT2D eigenvalue weighted by molar-refractivity contribution is -0.204. The highest BCUT2D eigenvalue weighted by Gasteiger charge is 2.56. The van der Waals surface area contributed by atoms with Crippen LogP contribution in [0.4, 0.5) is 0 Å². The maximum atomic E-state index is 5.74. The Hall–Kier alpha value is -0.160. The Morgan fingerprint density at radius 3 is 2.50 bits per heavy atom. The van der Waals surface area contributed by atoms with Gasteiger partial charge in [0.1, 0.15) is 0 Å². The van der Waals surface area contributed by atoms with Gasteiger partial charge in [0.25, 0.3) is 0 Å². The van der Waals surface area contributed by atoms with Crippen molar-refractivity contribution in [3.63, 3.8) is 0 Å². The Balaban J connectivity index is 2.17. The van der Waals surface area contributed by atoms with E-state index < -0.39 is 5.79 Å². The summed E-state index contributed by atoms with van der Waals surface area (Å²) in [5.74, 6) is 4.99. The van der Waals surface area contributed by atoms with Crippen LogP contribution >= 0.6 is 0 Å².